The minimum Gasteiger partial charge on any atom is -0.504 e. The summed E-state index contributed by atoms with van der Waals surface area (Å²) < 4.78 is 13.7. The predicted molar refractivity (Wildman–Crippen MR) is 180 cm³/mol. The van der Waals surface area contributed by atoms with Crippen molar-refractivity contribution in [1.29, 1.82) is 0 Å². The summed E-state index contributed by atoms with van der Waals surface area (Å²) in [5.41, 5.74) is 3.29. The van der Waals surface area contributed by atoms with Gasteiger partial charge in [-0.05, 0) is 73.5 Å². The van der Waals surface area contributed by atoms with E-state index in [0.717, 1.165) is 5.56 Å². The second-order valence-corrected chi connectivity index (χ2v) is 12.0. The van der Waals surface area contributed by atoms with Gasteiger partial charge in [-0.1, -0.05) is 77.5 Å². The van der Waals surface area contributed by atoms with E-state index in [4.69, 9.17) is 26.1 Å². The van der Waals surface area contributed by atoms with E-state index >= 15 is 0 Å². The number of carbonyl (C=O) groups is 1. The molecule has 0 radical (unpaired) electrons. The van der Waals surface area contributed by atoms with E-state index in [1.54, 1.807) is 43.3 Å². The van der Waals surface area contributed by atoms with Crippen LogP contribution in [0.15, 0.2) is 118 Å². The molecule has 0 saturated carbocycles. The molecule has 4 aromatic carbocycles. The summed E-state index contributed by atoms with van der Waals surface area (Å²) in [4.78, 5) is 33.3. The number of phenols is 1. The molecule has 0 bridgehead atoms. The number of aromatic nitrogens is 1. The summed E-state index contributed by atoms with van der Waals surface area (Å²) in [6, 6.07) is 28.0. The average molecular weight is 652 g/mol. The van der Waals surface area contributed by atoms with Crippen molar-refractivity contribution >= 4 is 40.6 Å². The van der Waals surface area contributed by atoms with Gasteiger partial charge in [0.25, 0.3) is 11.5 Å². The molecule has 46 heavy (non-hydrogen) atoms. The fraction of sp³-hybridized carbons (Fsp3) is 0.139. The van der Waals surface area contributed by atoms with E-state index in [0.29, 0.717) is 61.4 Å². The molecule has 0 aliphatic carbocycles. The zero-order valence-corrected chi connectivity index (χ0v) is 26.6. The lowest BCUT2D eigenvalue weighted by Crippen LogP contribution is -2.40. The number of para-hydroxylation sites is 2. The SMILES string of the molecule is CCOc1cc([C@H]2C(C(=O)Nc3ccccc3)=C(C)N=c3s/c(=C\c4ccccc4OCc4cccc(Cl)c4)c(=O)n32)ccc1O. The van der Waals surface area contributed by atoms with Gasteiger partial charge < -0.3 is 19.9 Å². The molecule has 0 fully saturated rings. The molecule has 1 aliphatic rings. The molecule has 10 heteroatoms. The Bertz CT molecular complexity index is 2140. The highest BCUT2D eigenvalue weighted by molar-refractivity contribution is 7.07. The molecule has 0 unspecified atom stereocenters. The topological polar surface area (TPSA) is 102 Å². The maximum atomic E-state index is 14.2. The molecule has 1 aliphatic heterocycles. The monoisotopic (exact) mass is 651 g/mol. The van der Waals surface area contributed by atoms with Gasteiger partial charge in [0.2, 0.25) is 0 Å². The van der Waals surface area contributed by atoms with Crippen molar-refractivity contribution in [2.45, 2.75) is 26.5 Å². The van der Waals surface area contributed by atoms with E-state index < -0.39 is 11.9 Å². The third-order valence-electron chi connectivity index (χ3n) is 7.39. The van der Waals surface area contributed by atoms with Crippen molar-refractivity contribution in [1.82, 2.24) is 4.57 Å². The van der Waals surface area contributed by atoms with Crippen LogP contribution in [0.5, 0.6) is 17.2 Å². The maximum Gasteiger partial charge on any atom is 0.271 e. The number of nitrogens with one attached hydrogen (secondary N) is 1. The number of amides is 1. The first kappa shape index (κ1) is 30.9. The number of allylic oxidation sites excluding steroid dienone is 1. The largest absolute Gasteiger partial charge is 0.504 e. The van der Waals surface area contributed by atoms with Gasteiger partial charge in [0.15, 0.2) is 16.3 Å². The van der Waals surface area contributed by atoms with Gasteiger partial charge in [0.05, 0.1) is 28.5 Å². The van der Waals surface area contributed by atoms with E-state index in [2.05, 4.69) is 5.32 Å². The Hall–Kier alpha value is -5.12. The molecule has 1 atom stereocenters. The molecular weight excluding hydrogens is 622 g/mol. The lowest BCUT2D eigenvalue weighted by Gasteiger charge is -2.26. The summed E-state index contributed by atoms with van der Waals surface area (Å²) in [7, 11) is 0. The molecule has 8 nitrogen and oxygen atoms in total. The van der Waals surface area contributed by atoms with Crippen molar-refractivity contribution in [2.24, 2.45) is 4.99 Å². The van der Waals surface area contributed by atoms with Crippen molar-refractivity contribution in [3.05, 3.63) is 150 Å². The lowest BCUT2D eigenvalue weighted by atomic mass is 9.94. The van der Waals surface area contributed by atoms with Gasteiger partial charge in [-0.15, -0.1) is 0 Å². The zero-order valence-electron chi connectivity index (χ0n) is 25.1. The number of aromatic hydroxyl groups is 1. The molecule has 1 amide bonds. The summed E-state index contributed by atoms with van der Waals surface area (Å²) in [6.45, 7) is 4.20. The van der Waals surface area contributed by atoms with E-state index in [9.17, 15) is 14.7 Å². The Labute approximate surface area is 274 Å². The number of halogens is 1. The van der Waals surface area contributed by atoms with Crippen LogP contribution in [0.2, 0.25) is 5.02 Å². The number of hydrogen-bond donors (Lipinski definition) is 2. The minimum absolute atomic E-state index is 0.0385. The van der Waals surface area contributed by atoms with Gasteiger partial charge in [-0.25, -0.2) is 4.99 Å². The van der Waals surface area contributed by atoms with Crippen LogP contribution < -0.4 is 29.7 Å². The number of anilines is 1. The lowest BCUT2D eigenvalue weighted by molar-refractivity contribution is -0.113. The standard InChI is InChI=1S/C36H30ClN3O5S/c1-3-44-30-19-25(16-17-28(30)41)33-32(34(42)39-27-13-5-4-6-14-27)22(2)38-36-40(33)35(43)31(46-36)20-24-11-7-8-15-29(24)45-21-23-10-9-12-26(37)18-23/h4-20,33,41H,3,21H2,1-2H3,(H,39,42)/b31-20-/t33-/m0/s1. The molecule has 6 rings (SSSR count). The average Bonchev–Trinajstić information content (AvgIpc) is 3.35. The van der Waals surface area contributed by atoms with Crippen LogP contribution >= 0.6 is 22.9 Å². The van der Waals surface area contributed by atoms with Gasteiger partial charge in [-0.2, -0.15) is 0 Å². The number of phenolic OH excluding ortho intramolecular Hbond substituents is 1. The van der Waals surface area contributed by atoms with Crippen LogP contribution in [0.3, 0.4) is 0 Å². The Kier molecular flexibility index (Phi) is 9.05. The van der Waals surface area contributed by atoms with Crippen LogP contribution in [0, 0.1) is 0 Å². The van der Waals surface area contributed by atoms with Crippen LogP contribution in [0.25, 0.3) is 6.08 Å². The number of thiazole rings is 1. The number of rotatable bonds is 9. The highest BCUT2D eigenvalue weighted by atomic mass is 35.5. The fourth-order valence-electron chi connectivity index (χ4n) is 5.28. The van der Waals surface area contributed by atoms with E-state index in [1.807, 2.05) is 67.6 Å². The fourth-order valence-corrected chi connectivity index (χ4v) is 6.53. The van der Waals surface area contributed by atoms with Crippen LogP contribution in [0.1, 0.15) is 36.6 Å². The smallest absolute Gasteiger partial charge is 0.271 e. The van der Waals surface area contributed by atoms with Crippen molar-refractivity contribution in [3.8, 4) is 17.2 Å². The van der Waals surface area contributed by atoms with Crippen molar-refractivity contribution < 1.29 is 19.4 Å². The highest BCUT2D eigenvalue weighted by Gasteiger charge is 2.33. The quantitative estimate of drug-likeness (QED) is 0.197. The first-order valence-electron chi connectivity index (χ1n) is 14.6. The Morgan fingerprint density at radius 3 is 2.57 bits per heavy atom. The normalized spacial score (nSPS) is 14.4. The number of ether oxygens (including phenoxy) is 2. The number of carbonyl (C=O) groups excluding carboxylic acids is 1. The van der Waals surface area contributed by atoms with Crippen LogP contribution in [-0.2, 0) is 11.4 Å². The molecule has 5 aromatic rings. The predicted octanol–water partition coefficient (Wildman–Crippen LogP) is 6.21. The Morgan fingerprint density at radius 1 is 1.00 bits per heavy atom. The molecule has 2 N–H and O–H groups in total. The Morgan fingerprint density at radius 2 is 1.78 bits per heavy atom. The summed E-state index contributed by atoms with van der Waals surface area (Å²) in [5.74, 6) is 0.426. The molecule has 0 saturated heterocycles. The first-order valence-corrected chi connectivity index (χ1v) is 15.8. The zero-order chi connectivity index (χ0) is 32.2. The highest BCUT2D eigenvalue weighted by Crippen LogP contribution is 2.36. The molecule has 1 aromatic heterocycles. The summed E-state index contributed by atoms with van der Waals surface area (Å²) in [6.07, 6.45) is 1.78. The third kappa shape index (κ3) is 6.47. The van der Waals surface area contributed by atoms with Crippen molar-refractivity contribution in [2.75, 3.05) is 11.9 Å². The number of fused-ring (bicyclic) bond motifs is 1. The van der Waals surface area contributed by atoms with Crippen LogP contribution in [0.4, 0.5) is 5.69 Å². The number of hydrogen-bond acceptors (Lipinski definition) is 7. The maximum absolute atomic E-state index is 14.2. The number of nitrogens with zero attached hydrogens (tertiary/aromatic N) is 2. The summed E-state index contributed by atoms with van der Waals surface area (Å²) in [5, 5.41) is 14.0. The minimum atomic E-state index is -0.837. The van der Waals surface area contributed by atoms with Gasteiger partial charge in [0, 0.05) is 16.3 Å². The molecule has 0 spiro atoms. The van der Waals surface area contributed by atoms with Gasteiger partial charge in [-0.3, -0.25) is 14.2 Å². The first-order chi connectivity index (χ1) is 22.3. The Balaban J connectivity index is 1.45. The van der Waals surface area contributed by atoms with Gasteiger partial charge in [0.1, 0.15) is 12.4 Å². The molecular formula is C36H30ClN3O5S. The van der Waals surface area contributed by atoms with Crippen molar-refractivity contribution in [3.63, 3.8) is 0 Å². The number of benzene rings is 4. The molecule has 2 heterocycles. The van der Waals surface area contributed by atoms with E-state index in [-0.39, 0.29) is 17.1 Å². The van der Waals surface area contributed by atoms with Gasteiger partial charge >= 0.3 is 0 Å². The third-order valence-corrected chi connectivity index (χ3v) is 8.60. The van der Waals surface area contributed by atoms with E-state index in [1.165, 1.54) is 22.0 Å². The molecule has 232 valence electrons. The second-order valence-electron chi connectivity index (χ2n) is 10.5. The summed E-state index contributed by atoms with van der Waals surface area (Å²) >= 11 is 7.37. The second kappa shape index (κ2) is 13.5. The van der Waals surface area contributed by atoms with Crippen LogP contribution in [-0.4, -0.2) is 22.2 Å².